The van der Waals surface area contributed by atoms with Crippen molar-refractivity contribution in [1.82, 2.24) is 9.97 Å². The van der Waals surface area contributed by atoms with E-state index in [2.05, 4.69) is 15.3 Å². The second-order valence-corrected chi connectivity index (χ2v) is 3.60. The number of anilines is 1. The molecule has 6 heteroatoms. The van der Waals surface area contributed by atoms with Crippen LogP contribution in [0.1, 0.15) is 26.2 Å². The van der Waals surface area contributed by atoms with Gasteiger partial charge in [-0.25, -0.2) is 4.98 Å². The number of nitrogens with zero attached hydrogens (tertiary/aromatic N) is 1. The molecule has 1 aromatic rings. The van der Waals surface area contributed by atoms with Gasteiger partial charge in [-0.15, -0.1) is 0 Å². The van der Waals surface area contributed by atoms with Gasteiger partial charge in [-0.2, -0.15) is 0 Å². The van der Waals surface area contributed by atoms with Crippen LogP contribution in [0.15, 0.2) is 17.2 Å². The summed E-state index contributed by atoms with van der Waals surface area (Å²) in [6.07, 6.45) is 4.36. The fourth-order valence-electron chi connectivity index (χ4n) is 1.32. The lowest BCUT2D eigenvalue weighted by molar-refractivity contribution is -0.137. The molecular weight excluding hydrogens is 210 g/mol. The van der Waals surface area contributed by atoms with E-state index in [4.69, 9.17) is 5.11 Å². The van der Waals surface area contributed by atoms with Crippen LogP contribution in [0.4, 0.5) is 5.82 Å². The molecule has 0 saturated carbocycles. The smallest absolute Gasteiger partial charge is 0.303 e. The monoisotopic (exact) mass is 225 g/mol. The molecule has 1 rings (SSSR count). The van der Waals surface area contributed by atoms with Crippen molar-refractivity contribution in [1.29, 1.82) is 0 Å². The Morgan fingerprint density at radius 1 is 1.69 bits per heavy atom. The third-order valence-electron chi connectivity index (χ3n) is 2.12. The zero-order valence-electron chi connectivity index (χ0n) is 9.06. The van der Waals surface area contributed by atoms with Gasteiger partial charge >= 0.3 is 5.97 Å². The summed E-state index contributed by atoms with van der Waals surface area (Å²) in [6, 6.07) is 0.0235. The number of aromatic nitrogens is 2. The molecule has 88 valence electrons. The van der Waals surface area contributed by atoms with Crippen molar-refractivity contribution in [2.24, 2.45) is 0 Å². The SMILES string of the molecule is CC(CCCC(=O)O)Nc1ncc[nH]c1=O. The van der Waals surface area contributed by atoms with Crippen LogP contribution in [-0.2, 0) is 4.79 Å². The second kappa shape index (κ2) is 5.89. The Kier molecular flexibility index (Phi) is 4.50. The second-order valence-electron chi connectivity index (χ2n) is 3.60. The Labute approximate surface area is 92.7 Å². The fourth-order valence-corrected chi connectivity index (χ4v) is 1.32. The fraction of sp³-hybridized carbons (Fsp3) is 0.500. The van der Waals surface area contributed by atoms with E-state index in [1.807, 2.05) is 6.92 Å². The van der Waals surface area contributed by atoms with E-state index in [0.717, 1.165) is 0 Å². The summed E-state index contributed by atoms with van der Waals surface area (Å²) in [6.45, 7) is 1.88. The van der Waals surface area contributed by atoms with Crippen molar-refractivity contribution in [3.8, 4) is 0 Å². The molecule has 1 heterocycles. The summed E-state index contributed by atoms with van der Waals surface area (Å²) in [5.74, 6) is -0.534. The van der Waals surface area contributed by atoms with E-state index in [1.54, 1.807) is 0 Å². The molecule has 0 radical (unpaired) electrons. The van der Waals surface area contributed by atoms with Crippen molar-refractivity contribution >= 4 is 11.8 Å². The number of H-pyrrole nitrogens is 1. The molecule has 0 bridgehead atoms. The first-order chi connectivity index (χ1) is 7.59. The summed E-state index contributed by atoms with van der Waals surface area (Å²) in [5, 5.41) is 11.4. The average Bonchev–Trinajstić information content (AvgIpc) is 2.21. The molecule has 3 N–H and O–H groups in total. The highest BCUT2D eigenvalue weighted by Crippen LogP contribution is 2.04. The highest BCUT2D eigenvalue weighted by molar-refractivity contribution is 5.66. The number of carboxylic acid groups (broad SMARTS) is 1. The predicted octanol–water partition coefficient (Wildman–Crippen LogP) is 0.825. The van der Waals surface area contributed by atoms with Crippen LogP contribution in [0.25, 0.3) is 0 Å². The van der Waals surface area contributed by atoms with Crippen LogP contribution in [0.3, 0.4) is 0 Å². The van der Waals surface area contributed by atoms with Crippen LogP contribution in [0, 0.1) is 0 Å². The molecule has 1 aromatic heterocycles. The molecule has 0 amide bonds. The minimum absolute atomic E-state index is 0.0235. The van der Waals surface area contributed by atoms with Crippen LogP contribution < -0.4 is 10.9 Å². The van der Waals surface area contributed by atoms with Crippen LogP contribution in [-0.4, -0.2) is 27.1 Å². The molecule has 1 atom stereocenters. The number of rotatable bonds is 6. The van der Waals surface area contributed by atoms with E-state index in [0.29, 0.717) is 12.8 Å². The van der Waals surface area contributed by atoms with Crippen molar-refractivity contribution in [3.63, 3.8) is 0 Å². The summed E-state index contributed by atoms with van der Waals surface area (Å²) >= 11 is 0. The van der Waals surface area contributed by atoms with Crippen molar-refractivity contribution in [3.05, 3.63) is 22.7 Å². The normalized spacial score (nSPS) is 12.1. The molecule has 0 aliphatic rings. The number of hydrogen-bond donors (Lipinski definition) is 3. The van der Waals surface area contributed by atoms with Gasteiger partial charge in [-0.3, -0.25) is 9.59 Å². The zero-order valence-corrected chi connectivity index (χ0v) is 9.06. The van der Waals surface area contributed by atoms with Gasteiger partial charge in [-0.1, -0.05) is 0 Å². The van der Waals surface area contributed by atoms with E-state index >= 15 is 0 Å². The Bertz CT molecular complexity index is 402. The van der Waals surface area contributed by atoms with Gasteiger partial charge in [0.2, 0.25) is 0 Å². The molecule has 0 fully saturated rings. The van der Waals surface area contributed by atoms with E-state index in [-0.39, 0.29) is 23.8 Å². The van der Waals surface area contributed by atoms with Gasteiger partial charge < -0.3 is 15.4 Å². The average molecular weight is 225 g/mol. The summed E-state index contributed by atoms with van der Waals surface area (Å²) in [5.41, 5.74) is -0.271. The van der Waals surface area contributed by atoms with E-state index < -0.39 is 5.97 Å². The first kappa shape index (κ1) is 12.2. The number of carbonyl (C=O) groups is 1. The minimum Gasteiger partial charge on any atom is -0.481 e. The number of nitrogens with one attached hydrogen (secondary N) is 2. The Morgan fingerprint density at radius 2 is 2.44 bits per heavy atom. The maximum absolute atomic E-state index is 11.3. The van der Waals surface area contributed by atoms with Gasteiger partial charge in [0.25, 0.3) is 5.56 Å². The molecule has 16 heavy (non-hydrogen) atoms. The molecule has 0 aromatic carbocycles. The van der Waals surface area contributed by atoms with Crippen LogP contribution in [0.5, 0.6) is 0 Å². The third kappa shape index (κ3) is 4.12. The maximum atomic E-state index is 11.3. The van der Waals surface area contributed by atoms with Crippen LogP contribution >= 0.6 is 0 Å². The molecule has 0 saturated heterocycles. The standard InChI is InChI=1S/C10H15N3O3/c1-7(3-2-4-8(14)15)13-9-10(16)12-6-5-11-9/h5-7H,2-4H2,1H3,(H,11,13)(H,12,16)(H,14,15). The Morgan fingerprint density at radius 3 is 3.06 bits per heavy atom. The summed E-state index contributed by atoms with van der Waals surface area (Å²) in [4.78, 5) is 28.0. The van der Waals surface area contributed by atoms with E-state index in [1.165, 1.54) is 12.4 Å². The molecule has 0 spiro atoms. The molecular formula is C10H15N3O3. The maximum Gasteiger partial charge on any atom is 0.303 e. The Hall–Kier alpha value is -1.85. The van der Waals surface area contributed by atoms with Crippen molar-refractivity contribution in [2.45, 2.75) is 32.2 Å². The molecule has 0 aliphatic heterocycles. The zero-order chi connectivity index (χ0) is 12.0. The summed E-state index contributed by atoms with van der Waals surface area (Å²) < 4.78 is 0. The van der Waals surface area contributed by atoms with Gasteiger partial charge in [0.05, 0.1) is 0 Å². The first-order valence-electron chi connectivity index (χ1n) is 5.11. The quantitative estimate of drug-likeness (QED) is 0.666. The van der Waals surface area contributed by atoms with Crippen LogP contribution in [0.2, 0.25) is 0 Å². The predicted molar refractivity (Wildman–Crippen MR) is 59.4 cm³/mol. The van der Waals surface area contributed by atoms with Crippen molar-refractivity contribution in [2.75, 3.05) is 5.32 Å². The minimum atomic E-state index is -0.803. The third-order valence-corrected chi connectivity index (χ3v) is 2.12. The molecule has 6 nitrogen and oxygen atoms in total. The lowest BCUT2D eigenvalue weighted by Crippen LogP contribution is -2.22. The van der Waals surface area contributed by atoms with Gasteiger partial charge in [0.15, 0.2) is 5.82 Å². The highest BCUT2D eigenvalue weighted by atomic mass is 16.4. The van der Waals surface area contributed by atoms with Crippen molar-refractivity contribution < 1.29 is 9.90 Å². The van der Waals surface area contributed by atoms with Gasteiger partial charge in [-0.05, 0) is 19.8 Å². The number of aromatic amines is 1. The lowest BCUT2D eigenvalue weighted by atomic mass is 10.1. The van der Waals surface area contributed by atoms with Gasteiger partial charge in [0, 0.05) is 24.9 Å². The van der Waals surface area contributed by atoms with Gasteiger partial charge in [0.1, 0.15) is 0 Å². The molecule has 1 unspecified atom stereocenters. The topological polar surface area (TPSA) is 95.1 Å². The number of carboxylic acids is 1. The summed E-state index contributed by atoms with van der Waals surface area (Å²) in [7, 11) is 0. The Balaban J connectivity index is 2.40. The molecule has 0 aliphatic carbocycles. The number of hydrogen-bond acceptors (Lipinski definition) is 4. The van der Waals surface area contributed by atoms with E-state index in [9.17, 15) is 9.59 Å². The number of aliphatic carboxylic acids is 1. The largest absolute Gasteiger partial charge is 0.481 e. The lowest BCUT2D eigenvalue weighted by Gasteiger charge is -2.12. The highest BCUT2D eigenvalue weighted by Gasteiger charge is 2.06. The first-order valence-corrected chi connectivity index (χ1v) is 5.11.